The number of aliphatic hydroxyl groups excluding tert-OH is 1. The van der Waals surface area contributed by atoms with Gasteiger partial charge < -0.3 is 14.8 Å². The van der Waals surface area contributed by atoms with Gasteiger partial charge in [-0.25, -0.2) is 0 Å². The summed E-state index contributed by atoms with van der Waals surface area (Å²) in [5.41, 5.74) is 3.29. The third kappa shape index (κ3) is 3.05. The van der Waals surface area contributed by atoms with Crippen molar-refractivity contribution in [2.45, 2.75) is 39.9 Å². The highest BCUT2D eigenvalue weighted by Crippen LogP contribution is 2.16. The molecule has 19 heavy (non-hydrogen) atoms. The molecule has 5 nitrogen and oxygen atoms in total. The van der Waals surface area contributed by atoms with Gasteiger partial charge in [0.1, 0.15) is 5.76 Å². The van der Waals surface area contributed by atoms with Crippen molar-refractivity contribution in [3.8, 4) is 0 Å². The minimum absolute atomic E-state index is 0.109. The van der Waals surface area contributed by atoms with Gasteiger partial charge in [-0.05, 0) is 32.9 Å². The fraction of sp³-hybridized carbons (Fsp3) is 0.500. The monoisotopic (exact) mass is 263 g/mol. The SMILES string of the molecule is Cc1nn(CCO)c(C)c1CNC(C)c1ccco1. The second kappa shape index (κ2) is 6.04. The van der Waals surface area contributed by atoms with Gasteiger partial charge in [0, 0.05) is 17.8 Å². The largest absolute Gasteiger partial charge is 0.468 e. The van der Waals surface area contributed by atoms with E-state index < -0.39 is 0 Å². The van der Waals surface area contributed by atoms with E-state index in [1.165, 1.54) is 5.56 Å². The molecule has 2 N–H and O–H groups in total. The lowest BCUT2D eigenvalue weighted by molar-refractivity contribution is 0.267. The molecule has 0 saturated carbocycles. The van der Waals surface area contributed by atoms with Crippen LogP contribution in [0.3, 0.4) is 0 Å². The molecule has 0 aromatic carbocycles. The summed E-state index contributed by atoms with van der Waals surface area (Å²) in [5, 5.41) is 16.9. The standard InChI is InChI=1S/C14H21N3O2/c1-10-13(12(3)17(16-10)6-7-18)9-15-11(2)14-5-4-8-19-14/h4-5,8,11,15,18H,6-7,9H2,1-3H3. The highest BCUT2D eigenvalue weighted by Gasteiger charge is 2.13. The molecule has 5 heteroatoms. The molecular formula is C14H21N3O2. The van der Waals surface area contributed by atoms with E-state index in [0.717, 1.165) is 23.7 Å². The van der Waals surface area contributed by atoms with Gasteiger partial charge in [0.25, 0.3) is 0 Å². The zero-order valence-corrected chi connectivity index (χ0v) is 11.7. The molecule has 0 aliphatic heterocycles. The molecule has 0 aliphatic rings. The van der Waals surface area contributed by atoms with Crippen LogP contribution in [-0.2, 0) is 13.1 Å². The van der Waals surface area contributed by atoms with Crippen molar-refractivity contribution in [2.24, 2.45) is 0 Å². The Morgan fingerprint density at radius 1 is 1.47 bits per heavy atom. The first kappa shape index (κ1) is 13.8. The van der Waals surface area contributed by atoms with E-state index in [1.54, 1.807) is 6.26 Å². The molecule has 1 atom stereocenters. The summed E-state index contributed by atoms with van der Waals surface area (Å²) < 4.78 is 7.22. The molecule has 1 unspecified atom stereocenters. The first-order chi connectivity index (χ1) is 9.13. The normalized spacial score (nSPS) is 12.8. The average molecular weight is 263 g/mol. The average Bonchev–Trinajstić information content (AvgIpc) is 2.99. The Morgan fingerprint density at radius 3 is 2.89 bits per heavy atom. The van der Waals surface area contributed by atoms with Crippen molar-refractivity contribution in [1.29, 1.82) is 0 Å². The van der Waals surface area contributed by atoms with Crippen LogP contribution in [0.4, 0.5) is 0 Å². The number of aryl methyl sites for hydroxylation is 1. The summed E-state index contributed by atoms with van der Waals surface area (Å²) >= 11 is 0. The Hall–Kier alpha value is -1.59. The van der Waals surface area contributed by atoms with Crippen LogP contribution in [0.15, 0.2) is 22.8 Å². The number of aliphatic hydroxyl groups is 1. The van der Waals surface area contributed by atoms with E-state index >= 15 is 0 Å². The highest BCUT2D eigenvalue weighted by atomic mass is 16.3. The quantitative estimate of drug-likeness (QED) is 0.836. The van der Waals surface area contributed by atoms with Gasteiger partial charge >= 0.3 is 0 Å². The molecule has 0 amide bonds. The third-order valence-electron chi connectivity index (χ3n) is 3.40. The fourth-order valence-corrected chi connectivity index (χ4v) is 2.20. The van der Waals surface area contributed by atoms with Gasteiger partial charge in [0.05, 0.1) is 31.2 Å². The number of nitrogens with zero attached hydrogens (tertiary/aromatic N) is 2. The van der Waals surface area contributed by atoms with Gasteiger partial charge in [-0.3, -0.25) is 4.68 Å². The molecular weight excluding hydrogens is 242 g/mol. The van der Waals surface area contributed by atoms with Crippen molar-refractivity contribution < 1.29 is 9.52 Å². The first-order valence-electron chi connectivity index (χ1n) is 6.54. The topological polar surface area (TPSA) is 63.2 Å². The van der Waals surface area contributed by atoms with Crippen LogP contribution >= 0.6 is 0 Å². The predicted molar refractivity (Wildman–Crippen MR) is 72.7 cm³/mol. The van der Waals surface area contributed by atoms with E-state index in [4.69, 9.17) is 9.52 Å². The molecule has 2 rings (SSSR count). The molecule has 0 saturated heterocycles. The molecule has 2 aromatic heterocycles. The summed E-state index contributed by atoms with van der Waals surface area (Å²) in [6, 6.07) is 4.02. The van der Waals surface area contributed by atoms with Gasteiger partial charge in [0.15, 0.2) is 0 Å². The van der Waals surface area contributed by atoms with Crippen LogP contribution in [0.1, 0.15) is 35.7 Å². The van der Waals surface area contributed by atoms with Gasteiger partial charge in [-0.15, -0.1) is 0 Å². The number of hydrogen-bond acceptors (Lipinski definition) is 4. The van der Waals surface area contributed by atoms with E-state index in [-0.39, 0.29) is 12.6 Å². The number of aromatic nitrogens is 2. The number of hydrogen-bond donors (Lipinski definition) is 2. The smallest absolute Gasteiger partial charge is 0.120 e. The van der Waals surface area contributed by atoms with Crippen molar-refractivity contribution in [2.75, 3.05) is 6.61 Å². The van der Waals surface area contributed by atoms with Crippen molar-refractivity contribution >= 4 is 0 Å². The molecule has 2 heterocycles. The molecule has 0 fully saturated rings. The van der Waals surface area contributed by atoms with Crippen molar-refractivity contribution in [1.82, 2.24) is 15.1 Å². The van der Waals surface area contributed by atoms with Crippen LogP contribution in [0.2, 0.25) is 0 Å². The number of rotatable bonds is 6. The summed E-state index contributed by atoms with van der Waals surface area (Å²) in [6.07, 6.45) is 1.68. The molecule has 2 aromatic rings. The zero-order valence-electron chi connectivity index (χ0n) is 11.7. The predicted octanol–water partition coefficient (Wildman–Crippen LogP) is 1.94. The maximum Gasteiger partial charge on any atom is 0.120 e. The fourth-order valence-electron chi connectivity index (χ4n) is 2.20. The number of furan rings is 1. The minimum atomic E-state index is 0.109. The Morgan fingerprint density at radius 2 is 2.26 bits per heavy atom. The summed E-state index contributed by atoms with van der Waals surface area (Å²) in [5.74, 6) is 0.929. The summed E-state index contributed by atoms with van der Waals surface area (Å²) in [7, 11) is 0. The minimum Gasteiger partial charge on any atom is -0.468 e. The second-order valence-corrected chi connectivity index (χ2v) is 4.71. The van der Waals surface area contributed by atoms with Gasteiger partial charge in [-0.2, -0.15) is 5.10 Å². The van der Waals surface area contributed by atoms with Crippen LogP contribution in [0, 0.1) is 13.8 Å². The molecule has 0 radical (unpaired) electrons. The Bertz CT molecular complexity index is 517. The summed E-state index contributed by atoms with van der Waals surface area (Å²) in [6.45, 7) is 7.49. The van der Waals surface area contributed by atoms with Gasteiger partial charge in [-0.1, -0.05) is 0 Å². The lowest BCUT2D eigenvalue weighted by Gasteiger charge is -2.11. The van der Waals surface area contributed by atoms with Gasteiger partial charge in [0.2, 0.25) is 0 Å². The maximum atomic E-state index is 9.00. The lowest BCUT2D eigenvalue weighted by atomic mass is 10.1. The first-order valence-corrected chi connectivity index (χ1v) is 6.54. The zero-order chi connectivity index (χ0) is 13.8. The van der Waals surface area contributed by atoms with E-state index in [0.29, 0.717) is 6.54 Å². The molecule has 0 spiro atoms. The van der Waals surface area contributed by atoms with Crippen molar-refractivity contribution in [3.63, 3.8) is 0 Å². The number of nitrogens with one attached hydrogen (secondary N) is 1. The molecule has 0 bridgehead atoms. The van der Waals surface area contributed by atoms with Crippen LogP contribution in [0.25, 0.3) is 0 Å². The Balaban J connectivity index is 2.03. The third-order valence-corrected chi connectivity index (χ3v) is 3.40. The van der Waals surface area contributed by atoms with Crippen LogP contribution in [-0.4, -0.2) is 21.5 Å². The maximum absolute atomic E-state index is 9.00. The van der Waals surface area contributed by atoms with Crippen LogP contribution < -0.4 is 5.32 Å². The Labute approximate surface area is 113 Å². The van der Waals surface area contributed by atoms with E-state index in [9.17, 15) is 0 Å². The highest BCUT2D eigenvalue weighted by molar-refractivity contribution is 5.24. The van der Waals surface area contributed by atoms with E-state index in [2.05, 4.69) is 17.3 Å². The van der Waals surface area contributed by atoms with Crippen LogP contribution in [0.5, 0.6) is 0 Å². The van der Waals surface area contributed by atoms with Crippen molar-refractivity contribution in [3.05, 3.63) is 41.1 Å². The second-order valence-electron chi connectivity index (χ2n) is 4.71. The lowest BCUT2D eigenvalue weighted by Crippen LogP contribution is -2.18. The van der Waals surface area contributed by atoms with E-state index in [1.807, 2.05) is 30.7 Å². The Kier molecular flexibility index (Phi) is 4.39. The summed E-state index contributed by atoms with van der Waals surface area (Å²) in [4.78, 5) is 0. The molecule has 104 valence electrons. The molecule has 0 aliphatic carbocycles.